The van der Waals surface area contributed by atoms with Crippen LogP contribution in [0.5, 0.6) is 0 Å². The SMILES string of the molecule is CN(C)C(=O)N(C)C.c1cnc2n[nH]nc2c1. The summed E-state index contributed by atoms with van der Waals surface area (Å²) in [5, 5.41) is 10.1. The molecule has 0 saturated heterocycles. The molecule has 2 aromatic rings. The molecule has 0 atom stereocenters. The van der Waals surface area contributed by atoms with Crippen molar-refractivity contribution in [2.75, 3.05) is 28.2 Å². The van der Waals surface area contributed by atoms with E-state index in [-0.39, 0.29) is 6.03 Å². The number of carbonyl (C=O) groups is 1. The lowest BCUT2D eigenvalue weighted by Gasteiger charge is -2.16. The molecule has 0 saturated carbocycles. The molecule has 17 heavy (non-hydrogen) atoms. The van der Waals surface area contributed by atoms with Gasteiger partial charge in [-0.15, -0.1) is 5.10 Å². The van der Waals surface area contributed by atoms with Gasteiger partial charge in [0, 0.05) is 34.4 Å². The topological polar surface area (TPSA) is 78.0 Å². The van der Waals surface area contributed by atoms with E-state index in [9.17, 15) is 4.79 Å². The number of aromatic nitrogens is 4. The van der Waals surface area contributed by atoms with E-state index >= 15 is 0 Å². The molecule has 0 aliphatic carbocycles. The Labute approximate surface area is 99.4 Å². The lowest BCUT2D eigenvalue weighted by molar-refractivity contribution is 0.191. The standard InChI is InChI=1S/C5H4N4.C5H12N2O/c1-2-4-5(6-3-1)8-9-7-4;1-6(2)5(8)7(3)4/h1-3H,(H,6,7,8,9);1-4H3. The Morgan fingerprint density at radius 3 is 2.29 bits per heavy atom. The van der Waals surface area contributed by atoms with E-state index in [0.29, 0.717) is 5.65 Å². The van der Waals surface area contributed by atoms with E-state index in [1.807, 2.05) is 12.1 Å². The van der Waals surface area contributed by atoms with E-state index in [0.717, 1.165) is 5.52 Å². The van der Waals surface area contributed by atoms with Gasteiger partial charge in [0.05, 0.1) is 0 Å². The van der Waals surface area contributed by atoms with Crippen molar-refractivity contribution in [1.29, 1.82) is 0 Å². The Morgan fingerprint density at radius 2 is 1.82 bits per heavy atom. The van der Waals surface area contributed by atoms with Gasteiger partial charge >= 0.3 is 6.03 Å². The highest BCUT2D eigenvalue weighted by atomic mass is 16.2. The second kappa shape index (κ2) is 5.78. The molecule has 0 aliphatic heterocycles. The molecule has 0 radical (unpaired) electrons. The Kier molecular flexibility index (Phi) is 4.38. The van der Waals surface area contributed by atoms with Crippen molar-refractivity contribution in [3.63, 3.8) is 0 Å². The minimum atomic E-state index is 0.0185. The van der Waals surface area contributed by atoms with E-state index in [4.69, 9.17) is 0 Å². The van der Waals surface area contributed by atoms with Crippen LogP contribution in [0.15, 0.2) is 18.3 Å². The number of pyridine rings is 1. The zero-order chi connectivity index (χ0) is 12.8. The maximum atomic E-state index is 10.7. The quantitative estimate of drug-likeness (QED) is 0.726. The molecule has 0 unspecified atom stereocenters. The summed E-state index contributed by atoms with van der Waals surface area (Å²) in [6.45, 7) is 0. The van der Waals surface area contributed by atoms with Crippen LogP contribution in [0.25, 0.3) is 11.2 Å². The molecule has 2 rings (SSSR count). The number of nitrogens with zero attached hydrogens (tertiary/aromatic N) is 5. The van der Waals surface area contributed by atoms with Gasteiger partial charge in [-0.3, -0.25) is 0 Å². The first-order valence-electron chi connectivity index (χ1n) is 5.02. The number of hydrogen-bond acceptors (Lipinski definition) is 4. The minimum absolute atomic E-state index is 0.0185. The molecule has 2 heterocycles. The largest absolute Gasteiger partial charge is 0.331 e. The number of urea groups is 1. The number of hydrogen-bond donors (Lipinski definition) is 1. The molecule has 1 N–H and O–H groups in total. The normalized spacial score (nSPS) is 9.41. The van der Waals surface area contributed by atoms with Gasteiger partial charge in [-0.2, -0.15) is 10.3 Å². The summed E-state index contributed by atoms with van der Waals surface area (Å²) in [6, 6.07) is 3.70. The third kappa shape index (κ3) is 3.71. The summed E-state index contributed by atoms with van der Waals surface area (Å²) in [5.74, 6) is 0. The van der Waals surface area contributed by atoms with Crippen LogP contribution in [0.1, 0.15) is 0 Å². The molecule has 0 fully saturated rings. The summed E-state index contributed by atoms with van der Waals surface area (Å²) in [6.07, 6.45) is 1.69. The highest BCUT2D eigenvalue weighted by molar-refractivity contribution is 5.73. The van der Waals surface area contributed by atoms with E-state index in [1.165, 1.54) is 9.80 Å². The highest BCUT2D eigenvalue weighted by Crippen LogP contribution is 1.99. The molecule has 0 spiro atoms. The molecular weight excluding hydrogens is 220 g/mol. The Hall–Kier alpha value is -2.18. The molecule has 2 aromatic heterocycles. The first-order valence-corrected chi connectivity index (χ1v) is 5.02. The fraction of sp³-hybridized carbons (Fsp3) is 0.400. The van der Waals surface area contributed by atoms with Crippen LogP contribution in [0.3, 0.4) is 0 Å². The molecular formula is C10H16N6O. The zero-order valence-electron chi connectivity index (χ0n) is 10.4. The molecule has 0 bridgehead atoms. The van der Waals surface area contributed by atoms with Crippen molar-refractivity contribution in [3.8, 4) is 0 Å². The Balaban J connectivity index is 0.000000172. The summed E-state index contributed by atoms with van der Waals surface area (Å²) in [4.78, 5) is 17.7. The first-order chi connectivity index (χ1) is 8.02. The van der Waals surface area contributed by atoms with Crippen molar-refractivity contribution >= 4 is 17.2 Å². The smallest absolute Gasteiger partial charge is 0.318 e. The summed E-state index contributed by atoms with van der Waals surface area (Å²) < 4.78 is 0. The molecule has 0 aliphatic rings. The monoisotopic (exact) mass is 236 g/mol. The van der Waals surface area contributed by atoms with E-state index < -0.39 is 0 Å². The van der Waals surface area contributed by atoms with Crippen LogP contribution in [-0.4, -0.2) is 64.4 Å². The van der Waals surface area contributed by atoms with E-state index in [2.05, 4.69) is 20.4 Å². The van der Waals surface area contributed by atoms with Crippen LogP contribution < -0.4 is 0 Å². The lowest BCUT2D eigenvalue weighted by Crippen LogP contribution is -2.33. The maximum absolute atomic E-state index is 10.7. The van der Waals surface area contributed by atoms with Crippen LogP contribution in [0, 0.1) is 0 Å². The first kappa shape index (κ1) is 12.9. The number of fused-ring (bicyclic) bond motifs is 1. The van der Waals surface area contributed by atoms with Crippen LogP contribution in [0.2, 0.25) is 0 Å². The van der Waals surface area contributed by atoms with Crippen molar-refractivity contribution in [1.82, 2.24) is 30.2 Å². The van der Waals surface area contributed by atoms with Gasteiger partial charge in [0.2, 0.25) is 5.65 Å². The number of nitrogens with one attached hydrogen (secondary N) is 1. The van der Waals surface area contributed by atoms with Crippen LogP contribution >= 0.6 is 0 Å². The average Bonchev–Trinajstić information content (AvgIpc) is 2.76. The van der Waals surface area contributed by atoms with Gasteiger partial charge in [-0.25, -0.2) is 9.78 Å². The highest BCUT2D eigenvalue weighted by Gasteiger charge is 2.02. The van der Waals surface area contributed by atoms with Gasteiger partial charge < -0.3 is 9.80 Å². The van der Waals surface area contributed by atoms with Gasteiger partial charge in [0.1, 0.15) is 5.52 Å². The van der Waals surface area contributed by atoms with Crippen molar-refractivity contribution in [2.45, 2.75) is 0 Å². The number of H-pyrrole nitrogens is 1. The Bertz CT molecular complexity index is 438. The summed E-state index contributed by atoms with van der Waals surface area (Å²) in [5.41, 5.74) is 1.47. The summed E-state index contributed by atoms with van der Waals surface area (Å²) in [7, 11) is 6.90. The minimum Gasteiger partial charge on any atom is -0.331 e. The van der Waals surface area contributed by atoms with Crippen molar-refractivity contribution in [2.24, 2.45) is 0 Å². The van der Waals surface area contributed by atoms with Crippen LogP contribution in [-0.2, 0) is 0 Å². The van der Waals surface area contributed by atoms with Gasteiger partial charge in [0.15, 0.2) is 0 Å². The van der Waals surface area contributed by atoms with Crippen molar-refractivity contribution < 1.29 is 4.79 Å². The van der Waals surface area contributed by atoms with Crippen LogP contribution in [0.4, 0.5) is 4.79 Å². The third-order valence-electron chi connectivity index (χ3n) is 1.86. The number of carbonyl (C=O) groups excluding carboxylic acids is 1. The molecule has 7 nitrogen and oxygen atoms in total. The number of rotatable bonds is 0. The predicted molar refractivity (Wildman–Crippen MR) is 64.5 cm³/mol. The second-order valence-corrected chi connectivity index (χ2v) is 3.74. The molecule has 2 amide bonds. The second-order valence-electron chi connectivity index (χ2n) is 3.74. The number of aromatic amines is 1. The fourth-order valence-corrected chi connectivity index (χ4v) is 1.09. The average molecular weight is 236 g/mol. The van der Waals surface area contributed by atoms with Gasteiger partial charge in [-0.05, 0) is 12.1 Å². The molecule has 7 heteroatoms. The summed E-state index contributed by atoms with van der Waals surface area (Å²) >= 11 is 0. The van der Waals surface area contributed by atoms with E-state index in [1.54, 1.807) is 34.4 Å². The fourth-order valence-electron chi connectivity index (χ4n) is 1.09. The lowest BCUT2D eigenvalue weighted by atomic mass is 10.4. The Morgan fingerprint density at radius 1 is 1.18 bits per heavy atom. The molecule has 92 valence electrons. The number of amides is 2. The van der Waals surface area contributed by atoms with Gasteiger partial charge in [0.25, 0.3) is 0 Å². The zero-order valence-corrected chi connectivity index (χ0v) is 10.4. The molecule has 0 aromatic carbocycles. The maximum Gasteiger partial charge on any atom is 0.318 e. The van der Waals surface area contributed by atoms with Crippen molar-refractivity contribution in [3.05, 3.63) is 18.3 Å². The third-order valence-corrected chi connectivity index (χ3v) is 1.86. The predicted octanol–water partition coefficient (Wildman–Crippen LogP) is 0.582. The van der Waals surface area contributed by atoms with Gasteiger partial charge in [-0.1, -0.05) is 0 Å².